The number of hydrazone groups is 1. The number of hydrazine groups is 1. The molecular formula is C18H25N5O2. The largest absolute Gasteiger partial charge is 0.430 e. The first-order valence-electron chi connectivity index (χ1n) is 8.41. The van der Waals surface area contributed by atoms with E-state index < -0.39 is 0 Å². The normalized spacial score (nSPS) is 11.5. The van der Waals surface area contributed by atoms with Crippen molar-refractivity contribution < 1.29 is 9.21 Å². The van der Waals surface area contributed by atoms with Crippen molar-refractivity contribution in [1.82, 2.24) is 9.99 Å². The predicted octanol–water partition coefficient (Wildman–Crippen LogP) is 2.48. The quantitative estimate of drug-likeness (QED) is 0.181. The van der Waals surface area contributed by atoms with Crippen LogP contribution in [0.2, 0.25) is 0 Å². The average Bonchev–Trinajstić information content (AvgIpc) is 3.09. The molecule has 1 aromatic heterocycles. The number of carbonyl (C=O) groups is 1. The van der Waals surface area contributed by atoms with Crippen LogP contribution >= 0.6 is 0 Å². The maximum Gasteiger partial charge on any atom is 0.263 e. The van der Waals surface area contributed by atoms with E-state index in [2.05, 4.69) is 34.4 Å². The Labute approximate surface area is 147 Å². The van der Waals surface area contributed by atoms with Crippen molar-refractivity contribution in [2.24, 2.45) is 16.8 Å². The number of ketones is 1. The second kappa shape index (κ2) is 9.58. The number of unbranched alkanes of at least 4 members (excludes halogenated alkanes) is 3. The molecule has 1 aromatic carbocycles. The zero-order valence-corrected chi connectivity index (χ0v) is 14.5. The van der Waals surface area contributed by atoms with Gasteiger partial charge in [0.2, 0.25) is 11.6 Å². The van der Waals surface area contributed by atoms with Gasteiger partial charge < -0.3 is 10.3 Å². The molecule has 0 bridgehead atoms. The lowest BCUT2D eigenvalue weighted by Gasteiger charge is -2.10. The highest BCUT2D eigenvalue weighted by Crippen LogP contribution is 2.12. The van der Waals surface area contributed by atoms with E-state index in [0.29, 0.717) is 6.42 Å². The van der Waals surface area contributed by atoms with Crippen molar-refractivity contribution in [2.75, 3.05) is 7.05 Å². The van der Waals surface area contributed by atoms with Crippen LogP contribution in [-0.2, 0) is 6.42 Å². The molecule has 1 heterocycles. The van der Waals surface area contributed by atoms with Crippen molar-refractivity contribution in [3.63, 3.8) is 0 Å². The maximum atomic E-state index is 12.1. The number of aromatic nitrogens is 1. The third kappa shape index (κ3) is 5.72. The number of nitrogens with two attached hydrogens (primary N) is 2. The SMILES string of the molecule is CN(N)/C(=N\N)c1cnc(C(=O)CCCCCCc2ccccc2)o1. The fraction of sp³-hybridized carbons (Fsp3) is 0.389. The molecule has 7 nitrogen and oxygen atoms in total. The zero-order valence-electron chi connectivity index (χ0n) is 14.5. The van der Waals surface area contributed by atoms with Crippen LogP contribution in [-0.4, -0.2) is 28.7 Å². The number of Topliss-reactive ketones (excluding diaryl/α,β-unsaturated/α-hetero) is 1. The van der Waals surface area contributed by atoms with Gasteiger partial charge >= 0.3 is 0 Å². The number of oxazole rings is 1. The second-order valence-electron chi connectivity index (χ2n) is 5.92. The predicted molar refractivity (Wildman–Crippen MR) is 96.7 cm³/mol. The molecule has 0 unspecified atom stereocenters. The minimum absolute atomic E-state index is 0.0716. The van der Waals surface area contributed by atoms with Crippen molar-refractivity contribution in [2.45, 2.75) is 38.5 Å². The number of hydrogen-bond donors (Lipinski definition) is 2. The van der Waals surface area contributed by atoms with Gasteiger partial charge in [-0.1, -0.05) is 43.2 Å². The first-order valence-corrected chi connectivity index (χ1v) is 8.41. The highest BCUT2D eigenvalue weighted by molar-refractivity contribution is 5.97. The van der Waals surface area contributed by atoms with Gasteiger partial charge in [0.15, 0.2) is 5.76 Å². The molecule has 0 saturated heterocycles. The van der Waals surface area contributed by atoms with Gasteiger partial charge in [0, 0.05) is 13.5 Å². The summed E-state index contributed by atoms with van der Waals surface area (Å²) in [5.74, 6) is 11.3. The van der Waals surface area contributed by atoms with Crippen molar-refractivity contribution in [1.29, 1.82) is 0 Å². The molecule has 7 heteroatoms. The molecular weight excluding hydrogens is 318 g/mol. The Balaban J connectivity index is 1.69. The van der Waals surface area contributed by atoms with Gasteiger partial charge in [0.25, 0.3) is 5.89 Å². The monoisotopic (exact) mass is 343 g/mol. The number of hydrogen-bond acceptors (Lipinski definition) is 6. The Morgan fingerprint density at radius 3 is 2.60 bits per heavy atom. The molecule has 0 saturated carbocycles. The van der Waals surface area contributed by atoms with Gasteiger partial charge in [-0.2, -0.15) is 5.10 Å². The van der Waals surface area contributed by atoms with Gasteiger partial charge in [-0.3, -0.25) is 9.80 Å². The van der Waals surface area contributed by atoms with Gasteiger partial charge in [0.05, 0.1) is 6.20 Å². The molecule has 0 aliphatic heterocycles. The summed E-state index contributed by atoms with van der Waals surface area (Å²) in [7, 11) is 1.57. The average molecular weight is 343 g/mol. The van der Waals surface area contributed by atoms with Crippen LogP contribution in [0.1, 0.15) is 54.1 Å². The van der Waals surface area contributed by atoms with Crippen molar-refractivity contribution >= 4 is 11.6 Å². The molecule has 4 N–H and O–H groups in total. The minimum Gasteiger partial charge on any atom is -0.430 e. The molecule has 0 aliphatic rings. The second-order valence-corrected chi connectivity index (χ2v) is 5.92. The summed E-state index contributed by atoms with van der Waals surface area (Å²) in [5.41, 5.74) is 1.35. The van der Waals surface area contributed by atoms with E-state index in [9.17, 15) is 4.79 Å². The highest BCUT2D eigenvalue weighted by Gasteiger charge is 2.17. The zero-order chi connectivity index (χ0) is 18.1. The number of carbonyl (C=O) groups excluding carboxylic acids is 1. The lowest BCUT2D eigenvalue weighted by Crippen LogP contribution is -2.34. The Hall–Kier alpha value is -2.67. The molecule has 0 fully saturated rings. The smallest absolute Gasteiger partial charge is 0.263 e. The topological polar surface area (TPSA) is 111 Å². The van der Waals surface area contributed by atoms with E-state index in [1.54, 1.807) is 7.05 Å². The van der Waals surface area contributed by atoms with Crippen LogP contribution in [0.4, 0.5) is 0 Å². The van der Waals surface area contributed by atoms with E-state index >= 15 is 0 Å². The van der Waals surface area contributed by atoms with Crippen LogP contribution in [0.3, 0.4) is 0 Å². The molecule has 0 amide bonds. The third-order valence-electron chi connectivity index (χ3n) is 3.88. The Kier molecular flexibility index (Phi) is 7.16. The van der Waals surface area contributed by atoms with Gasteiger partial charge in [-0.15, -0.1) is 0 Å². The van der Waals surface area contributed by atoms with Gasteiger partial charge in [0.1, 0.15) is 0 Å². The summed E-state index contributed by atoms with van der Waals surface area (Å²) < 4.78 is 5.40. The van der Waals surface area contributed by atoms with Crippen molar-refractivity contribution in [3.05, 3.63) is 53.7 Å². The number of amidine groups is 1. The molecule has 0 atom stereocenters. The van der Waals surface area contributed by atoms with Crippen LogP contribution in [0.5, 0.6) is 0 Å². The maximum absolute atomic E-state index is 12.1. The fourth-order valence-electron chi connectivity index (χ4n) is 2.55. The Morgan fingerprint density at radius 1 is 1.20 bits per heavy atom. The number of nitrogens with zero attached hydrogens (tertiary/aromatic N) is 3. The summed E-state index contributed by atoms with van der Waals surface area (Å²) in [6.45, 7) is 0. The molecule has 2 rings (SSSR count). The summed E-state index contributed by atoms with van der Waals surface area (Å²) in [5, 5.41) is 4.73. The number of aryl methyl sites for hydroxylation is 1. The highest BCUT2D eigenvalue weighted by atomic mass is 16.4. The molecule has 0 aliphatic carbocycles. The molecule has 134 valence electrons. The van der Waals surface area contributed by atoms with E-state index in [1.807, 2.05) is 6.07 Å². The number of rotatable bonds is 9. The number of benzene rings is 1. The van der Waals surface area contributed by atoms with Crippen LogP contribution in [0.15, 0.2) is 46.0 Å². The summed E-state index contributed by atoms with van der Waals surface area (Å²) in [4.78, 5) is 16.1. The van der Waals surface area contributed by atoms with Gasteiger partial charge in [-0.05, 0) is 24.8 Å². The van der Waals surface area contributed by atoms with Crippen LogP contribution < -0.4 is 11.7 Å². The minimum atomic E-state index is -0.120. The van der Waals surface area contributed by atoms with E-state index in [1.165, 1.54) is 16.8 Å². The molecule has 25 heavy (non-hydrogen) atoms. The summed E-state index contributed by atoms with van der Waals surface area (Å²) in [6.07, 6.45) is 6.95. The standard InChI is InChI=1S/C18H25N5O2/c1-23(20)17(22-19)16-13-21-18(25-16)15(24)12-8-3-2-5-9-14-10-6-4-7-11-14/h4,6-7,10-11,13H,2-3,5,8-9,12,19-20H2,1H3/b22-17-. The first-order chi connectivity index (χ1) is 12.1. The van der Waals surface area contributed by atoms with E-state index in [0.717, 1.165) is 32.1 Å². The summed E-state index contributed by atoms with van der Waals surface area (Å²) >= 11 is 0. The summed E-state index contributed by atoms with van der Waals surface area (Å²) in [6, 6.07) is 10.4. The van der Waals surface area contributed by atoms with E-state index in [4.69, 9.17) is 16.1 Å². The lowest BCUT2D eigenvalue weighted by molar-refractivity contribution is 0.0945. The van der Waals surface area contributed by atoms with Crippen molar-refractivity contribution in [3.8, 4) is 0 Å². The molecule has 0 spiro atoms. The van der Waals surface area contributed by atoms with Crippen LogP contribution in [0.25, 0.3) is 0 Å². The van der Waals surface area contributed by atoms with E-state index in [-0.39, 0.29) is 23.3 Å². The molecule has 2 aromatic rings. The van der Waals surface area contributed by atoms with Gasteiger partial charge in [-0.25, -0.2) is 10.8 Å². The Bertz CT molecular complexity index is 695. The third-order valence-corrected chi connectivity index (χ3v) is 3.88. The first kappa shape index (κ1) is 18.7. The Morgan fingerprint density at radius 2 is 1.92 bits per heavy atom. The fourth-order valence-corrected chi connectivity index (χ4v) is 2.55. The lowest BCUT2D eigenvalue weighted by atomic mass is 10.0. The van der Waals surface area contributed by atoms with Crippen LogP contribution in [0, 0.1) is 0 Å². The molecule has 0 radical (unpaired) electrons.